The van der Waals surface area contributed by atoms with Gasteiger partial charge in [0.15, 0.2) is 0 Å². The maximum atomic E-state index is 12.9. The van der Waals surface area contributed by atoms with Crippen molar-refractivity contribution >= 4 is 33.2 Å². The summed E-state index contributed by atoms with van der Waals surface area (Å²) in [6.07, 6.45) is 1.93. The van der Waals surface area contributed by atoms with Crippen LogP contribution in [0.2, 0.25) is 0 Å². The van der Waals surface area contributed by atoms with Crippen LogP contribution in [0.3, 0.4) is 0 Å². The van der Waals surface area contributed by atoms with Gasteiger partial charge in [-0.05, 0) is 70.4 Å². The van der Waals surface area contributed by atoms with E-state index < -0.39 is 0 Å². The first-order valence-corrected chi connectivity index (χ1v) is 8.92. The molecule has 1 aromatic carbocycles. The molecule has 2 heterocycles. The van der Waals surface area contributed by atoms with Gasteiger partial charge in [0.1, 0.15) is 0 Å². The van der Waals surface area contributed by atoms with Crippen LogP contribution in [-0.2, 0) is 6.42 Å². The molecule has 0 saturated carbocycles. The Morgan fingerprint density at radius 1 is 1.43 bits per heavy atom. The van der Waals surface area contributed by atoms with E-state index in [0.717, 1.165) is 35.0 Å². The minimum absolute atomic E-state index is 0.130. The van der Waals surface area contributed by atoms with E-state index in [4.69, 9.17) is 0 Å². The first-order valence-electron chi connectivity index (χ1n) is 7.25. The number of fused-ring (bicyclic) bond motifs is 1. The van der Waals surface area contributed by atoms with Crippen LogP contribution in [0.4, 0.5) is 0 Å². The molecular formula is C17H18BrNOS. The SMILES string of the molecule is CCC1c2ccsc2CCN1C(=O)c1ccc(C)cc1Br. The molecule has 0 spiro atoms. The van der Waals surface area contributed by atoms with Crippen molar-refractivity contribution in [2.75, 3.05) is 6.54 Å². The van der Waals surface area contributed by atoms with Gasteiger partial charge in [-0.15, -0.1) is 11.3 Å². The number of amides is 1. The molecule has 0 radical (unpaired) electrons. The van der Waals surface area contributed by atoms with Crippen molar-refractivity contribution in [3.8, 4) is 0 Å². The molecule has 0 bridgehead atoms. The number of thiophene rings is 1. The fourth-order valence-corrected chi connectivity index (χ4v) is 4.62. The van der Waals surface area contributed by atoms with Crippen LogP contribution in [0.1, 0.15) is 45.7 Å². The van der Waals surface area contributed by atoms with Gasteiger partial charge in [-0.2, -0.15) is 0 Å². The lowest BCUT2D eigenvalue weighted by Gasteiger charge is -2.35. The molecule has 1 atom stereocenters. The molecule has 3 rings (SSSR count). The van der Waals surface area contributed by atoms with E-state index >= 15 is 0 Å². The van der Waals surface area contributed by atoms with Crippen LogP contribution in [-0.4, -0.2) is 17.4 Å². The Morgan fingerprint density at radius 2 is 2.24 bits per heavy atom. The van der Waals surface area contributed by atoms with E-state index in [1.165, 1.54) is 10.4 Å². The molecule has 0 saturated heterocycles. The Balaban J connectivity index is 1.94. The molecular weight excluding hydrogens is 346 g/mol. The number of carbonyl (C=O) groups is 1. The van der Waals surface area contributed by atoms with Crippen molar-refractivity contribution in [1.29, 1.82) is 0 Å². The van der Waals surface area contributed by atoms with Crippen LogP contribution in [0.5, 0.6) is 0 Å². The Hall–Kier alpha value is -1.13. The van der Waals surface area contributed by atoms with Gasteiger partial charge >= 0.3 is 0 Å². The van der Waals surface area contributed by atoms with Crippen molar-refractivity contribution in [1.82, 2.24) is 4.90 Å². The fourth-order valence-electron chi connectivity index (χ4n) is 3.03. The number of rotatable bonds is 2. The molecule has 2 nitrogen and oxygen atoms in total. The molecule has 0 aliphatic carbocycles. The van der Waals surface area contributed by atoms with Crippen molar-refractivity contribution in [2.45, 2.75) is 32.7 Å². The number of benzene rings is 1. The second kappa shape index (κ2) is 5.93. The van der Waals surface area contributed by atoms with Crippen molar-refractivity contribution in [3.63, 3.8) is 0 Å². The minimum Gasteiger partial charge on any atom is -0.331 e. The van der Waals surface area contributed by atoms with E-state index in [9.17, 15) is 4.79 Å². The molecule has 0 fully saturated rings. The predicted octanol–water partition coefficient (Wildman–Crippen LogP) is 4.97. The highest BCUT2D eigenvalue weighted by Gasteiger charge is 2.31. The summed E-state index contributed by atoms with van der Waals surface area (Å²) in [6.45, 7) is 5.00. The van der Waals surface area contributed by atoms with E-state index in [1.807, 2.05) is 41.4 Å². The predicted molar refractivity (Wildman–Crippen MR) is 91.0 cm³/mol. The fraction of sp³-hybridized carbons (Fsp3) is 0.353. The summed E-state index contributed by atoms with van der Waals surface area (Å²) in [6, 6.07) is 8.32. The summed E-state index contributed by atoms with van der Waals surface area (Å²) in [7, 11) is 0. The Morgan fingerprint density at radius 3 is 2.95 bits per heavy atom. The highest BCUT2D eigenvalue weighted by molar-refractivity contribution is 9.10. The van der Waals surface area contributed by atoms with Gasteiger partial charge in [0.25, 0.3) is 5.91 Å². The second-order valence-corrected chi connectivity index (χ2v) is 7.31. The average Bonchev–Trinajstić information content (AvgIpc) is 2.94. The van der Waals surface area contributed by atoms with Gasteiger partial charge in [-0.25, -0.2) is 0 Å². The smallest absolute Gasteiger partial charge is 0.255 e. The first-order chi connectivity index (χ1) is 10.1. The summed E-state index contributed by atoms with van der Waals surface area (Å²) in [5, 5.41) is 2.14. The monoisotopic (exact) mass is 363 g/mol. The quantitative estimate of drug-likeness (QED) is 0.737. The number of hydrogen-bond acceptors (Lipinski definition) is 2. The molecule has 2 aromatic rings. The second-order valence-electron chi connectivity index (χ2n) is 5.46. The molecule has 1 unspecified atom stereocenters. The van der Waals surface area contributed by atoms with Gasteiger partial charge in [0.2, 0.25) is 0 Å². The Bertz CT molecular complexity index is 679. The lowest BCUT2D eigenvalue weighted by atomic mass is 9.96. The maximum absolute atomic E-state index is 12.9. The van der Waals surface area contributed by atoms with Crippen molar-refractivity contribution < 1.29 is 4.79 Å². The third kappa shape index (κ3) is 2.67. The summed E-state index contributed by atoms with van der Waals surface area (Å²) >= 11 is 5.35. The number of nitrogens with zero attached hydrogens (tertiary/aromatic N) is 1. The van der Waals surface area contributed by atoms with Gasteiger partial charge in [0, 0.05) is 15.9 Å². The Kier molecular flexibility index (Phi) is 4.18. The molecule has 21 heavy (non-hydrogen) atoms. The zero-order valence-electron chi connectivity index (χ0n) is 12.2. The highest BCUT2D eigenvalue weighted by atomic mass is 79.9. The molecule has 1 aromatic heterocycles. The number of aryl methyl sites for hydroxylation is 1. The molecule has 0 N–H and O–H groups in total. The van der Waals surface area contributed by atoms with Gasteiger partial charge < -0.3 is 4.90 Å². The molecule has 1 aliphatic heterocycles. The summed E-state index contributed by atoms with van der Waals surface area (Å²) in [5.74, 6) is 0.130. The molecule has 1 amide bonds. The van der Waals surface area contributed by atoms with Gasteiger partial charge in [0.05, 0.1) is 11.6 Å². The van der Waals surface area contributed by atoms with E-state index in [0.29, 0.717) is 0 Å². The molecule has 1 aliphatic rings. The lowest BCUT2D eigenvalue weighted by molar-refractivity contribution is 0.0656. The zero-order valence-corrected chi connectivity index (χ0v) is 14.6. The molecule has 4 heteroatoms. The van der Waals surface area contributed by atoms with Crippen LogP contribution >= 0.6 is 27.3 Å². The summed E-state index contributed by atoms with van der Waals surface area (Å²) in [5.41, 5.74) is 3.26. The minimum atomic E-state index is 0.130. The van der Waals surface area contributed by atoms with Crippen LogP contribution < -0.4 is 0 Å². The van der Waals surface area contributed by atoms with Crippen LogP contribution in [0.15, 0.2) is 34.1 Å². The molecule has 110 valence electrons. The van der Waals surface area contributed by atoms with E-state index in [-0.39, 0.29) is 11.9 Å². The van der Waals surface area contributed by atoms with Crippen molar-refractivity contribution in [3.05, 3.63) is 55.7 Å². The zero-order chi connectivity index (χ0) is 15.0. The summed E-state index contributed by atoms with van der Waals surface area (Å²) in [4.78, 5) is 16.4. The largest absolute Gasteiger partial charge is 0.331 e. The van der Waals surface area contributed by atoms with Crippen LogP contribution in [0.25, 0.3) is 0 Å². The first kappa shape index (κ1) is 14.8. The lowest BCUT2D eigenvalue weighted by Crippen LogP contribution is -2.39. The number of halogens is 1. The number of hydrogen-bond donors (Lipinski definition) is 0. The highest BCUT2D eigenvalue weighted by Crippen LogP contribution is 2.36. The van der Waals surface area contributed by atoms with Crippen molar-refractivity contribution in [2.24, 2.45) is 0 Å². The average molecular weight is 364 g/mol. The van der Waals surface area contributed by atoms with E-state index in [1.54, 1.807) is 0 Å². The standard InChI is InChI=1S/C17H18BrNOS/c1-3-15-13-7-9-21-16(13)6-8-19(15)17(20)12-5-4-11(2)10-14(12)18/h4-5,7,9-10,15H,3,6,8H2,1-2H3. The normalized spacial score (nSPS) is 17.7. The number of carbonyl (C=O) groups excluding carboxylic acids is 1. The van der Waals surface area contributed by atoms with Crippen LogP contribution in [0, 0.1) is 6.92 Å². The maximum Gasteiger partial charge on any atom is 0.255 e. The topological polar surface area (TPSA) is 20.3 Å². The Labute approximate surface area is 137 Å². The third-order valence-electron chi connectivity index (χ3n) is 4.10. The van der Waals surface area contributed by atoms with Gasteiger partial charge in [-0.1, -0.05) is 13.0 Å². The summed E-state index contributed by atoms with van der Waals surface area (Å²) < 4.78 is 0.887. The third-order valence-corrected chi connectivity index (χ3v) is 5.75. The van der Waals surface area contributed by atoms with Gasteiger partial charge in [-0.3, -0.25) is 4.79 Å². The van der Waals surface area contributed by atoms with E-state index in [2.05, 4.69) is 34.3 Å².